The Bertz CT molecular complexity index is 245. The van der Waals surface area contributed by atoms with Crippen molar-refractivity contribution in [1.29, 1.82) is 0 Å². The van der Waals surface area contributed by atoms with Crippen LogP contribution in [0.3, 0.4) is 0 Å². The first-order valence-corrected chi connectivity index (χ1v) is 5.73. The lowest BCUT2D eigenvalue weighted by molar-refractivity contribution is -0.137. The first kappa shape index (κ1) is 10.0. The molecule has 2 bridgehead atoms. The summed E-state index contributed by atoms with van der Waals surface area (Å²) in [4.78, 5) is 10.6. The van der Waals surface area contributed by atoms with Crippen molar-refractivity contribution in [1.82, 2.24) is 0 Å². The van der Waals surface area contributed by atoms with E-state index in [9.17, 15) is 4.79 Å². The van der Waals surface area contributed by atoms with Crippen LogP contribution in [0, 0.1) is 23.2 Å². The lowest BCUT2D eigenvalue weighted by atomic mass is 9.67. The van der Waals surface area contributed by atoms with Gasteiger partial charge in [0.2, 0.25) is 0 Å². The molecule has 3 unspecified atom stereocenters. The molecule has 2 aliphatic rings. The van der Waals surface area contributed by atoms with Gasteiger partial charge in [-0.2, -0.15) is 0 Å². The van der Waals surface area contributed by atoms with Crippen LogP contribution >= 0.6 is 0 Å². The summed E-state index contributed by atoms with van der Waals surface area (Å²) in [6, 6.07) is 0. The van der Waals surface area contributed by atoms with E-state index in [1.54, 1.807) is 0 Å². The number of fused-ring (bicyclic) bond motifs is 2. The summed E-state index contributed by atoms with van der Waals surface area (Å²) in [6.45, 7) is 4.67. The van der Waals surface area contributed by atoms with E-state index in [1.807, 2.05) is 0 Å². The lowest BCUT2D eigenvalue weighted by Gasteiger charge is -2.38. The average molecular weight is 196 g/mol. The topological polar surface area (TPSA) is 37.3 Å². The predicted molar refractivity (Wildman–Crippen MR) is 55.0 cm³/mol. The summed E-state index contributed by atoms with van der Waals surface area (Å²) in [6.07, 6.45) is 5.33. The zero-order valence-electron chi connectivity index (χ0n) is 9.12. The van der Waals surface area contributed by atoms with E-state index >= 15 is 0 Å². The van der Waals surface area contributed by atoms with Crippen LogP contribution in [-0.2, 0) is 4.79 Å². The van der Waals surface area contributed by atoms with Crippen molar-refractivity contribution in [2.45, 2.75) is 46.0 Å². The SMILES string of the molecule is CC1(C)C2CCC(C2)C1CCC(=O)O. The van der Waals surface area contributed by atoms with Crippen molar-refractivity contribution in [3.63, 3.8) is 0 Å². The largest absolute Gasteiger partial charge is 0.481 e. The highest BCUT2D eigenvalue weighted by atomic mass is 16.4. The summed E-state index contributed by atoms with van der Waals surface area (Å²) >= 11 is 0. The first-order valence-electron chi connectivity index (χ1n) is 5.73. The molecule has 3 atom stereocenters. The number of carboxylic acid groups (broad SMARTS) is 1. The highest BCUT2D eigenvalue weighted by Crippen LogP contribution is 2.60. The average Bonchev–Trinajstić information content (AvgIpc) is 2.59. The highest BCUT2D eigenvalue weighted by Gasteiger charge is 2.51. The Morgan fingerprint density at radius 1 is 1.43 bits per heavy atom. The van der Waals surface area contributed by atoms with Crippen LogP contribution < -0.4 is 0 Å². The number of hydrogen-bond acceptors (Lipinski definition) is 1. The second kappa shape index (κ2) is 3.25. The van der Waals surface area contributed by atoms with Crippen LogP contribution in [0.5, 0.6) is 0 Å². The van der Waals surface area contributed by atoms with Crippen LogP contribution in [0.25, 0.3) is 0 Å². The second-order valence-electron chi connectivity index (χ2n) is 5.63. The molecule has 2 nitrogen and oxygen atoms in total. The van der Waals surface area contributed by atoms with Crippen molar-refractivity contribution in [2.24, 2.45) is 23.2 Å². The van der Waals surface area contributed by atoms with Crippen molar-refractivity contribution >= 4 is 5.97 Å². The molecule has 0 amide bonds. The van der Waals surface area contributed by atoms with Crippen molar-refractivity contribution in [3.05, 3.63) is 0 Å². The molecule has 0 aromatic rings. The molecular weight excluding hydrogens is 176 g/mol. The Labute approximate surface area is 85.7 Å². The number of hydrogen-bond donors (Lipinski definition) is 1. The molecule has 1 N–H and O–H groups in total. The third-order valence-corrected chi connectivity index (χ3v) is 4.72. The monoisotopic (exact) mass is 196 g/mol. The van der Waals surface area contributed by atoms with Gasteiger partial charge in [-0.05, 0) is 48.9 Å². The van der Waals surface area contributed by atoms with Crippen LogP contribution in [-0.4, -0.2) is 11.1 Å². The fraction of sp³-hybridized carbons (Fsp3) is 0.917. The summed E-state index contributed by atoms with van der Waals surface area (Å²) in [5, 5.41) is 8.71. The molecule has 2 heteroatoms. The Kier molecular flexibility index (Phi) is 2.32. The van der Waals surface area contributed by atoms with E-state index < -0.39 is 5.97 Å². The van der Waals surface area contributed by atoms with Gasteiger partial charge in [0.1, 0.15) is 0 Å². The number of aliphatic carboxylic acids is 1. The third kappa shape index (κ3) is 1.45. The molecule has 0 spiro atoms. The molecule has 2 fully saturated rings. The fourth-order valence-electron chi connectivity index (χ4n) is 3.85. The highest BCUT2D eigenvalue weighted by molar-refractivity contribution is 5.66. The summed E-state index contributed by atoms with van der Waals surface area (Å²) < 4.78 is 0. The van der Waals surface area contributed by atoms with Gasteiger partial charge in [0.05, 0.1) is 0 Å². The lowest BCUT2D eigenvalue weighted by Crippen LogP contribution is -2.31. The second-order valence-corrected chi connectivity index (χ2v) is 5.63. The quantitative estimate of drug-likeness (QED) is 0.753. The molecule has 2 rings (SSSR count). The minimum absolute atomic E-state index is 0.358. The van der Waals surface area contributed by atoms with Crippen LogP contribution in [0.1, 0.15) is 46.0 Å². The molecule has 0 heterocycles. The fourth-order valence-corrected chi connectivity index (χ4v) is 3.85. The maximum Gasteiger partial charge on any atom is 0.303 e. The number of carboxylic acids is 1. The van der Waals surface area contributed by atoms with E-state index in [1.165, 1.54) is 19.3 Å². The van der Waals surface area contributed by atoms with Crippen LogP contribution in [0.2, 0.25) is 0 Å². The van der Waals surface area contributed by atoms with Gasteiger partial charge in [-0.25, -0.2) is 0 Å². The molecule has 0 radical (unpaired) electrons. The Balaban J connectivity index is 2.01. The van der Waals surface area contributed by atoms with E-state index in [0.29, 0.717) is 17.8 Å². The molecule has 0 saturated heterocycles. The van der Waals surface area contributed by atoms with Gasteiger partial charge in [-0.3, -0.25) is 4.79 Å². The van der Waals surface area contributed by atoms with E-state index in [4.69, 9.17) is 5.11 Å². The maximum atomic E-state index is 10.6. The Hall–Kier alpha value is -0.530. The molecule has 0 aromatic carbocycles. The minimum Gasteiger partial charge on any atom is -0.481 e. The molecule has 2 aliphatic carbocycles. The normalized spacial score (nSPS) is 38.9. The van der Waals surface area contributed by atoms with Gasteiger partial charge in [0, 0.05) is 6.42 Å². The van der Waals surface area contributed by atoms with Crippen molar-refractivity contribution < 1.29 is 9.90 Å². The predicted octanol–water partition coefficient (Wildman–Crippen LogP) is 2.92. The zero-order valence-corrected chi connectivity index (χ0v) is 9.12. The van der Waals surface area contributed by atoms with E-state index in [0.717, 1.165) is 18.3 Å². The number of carbonyl (C=O) groups is 1. The van der Waals surface area contributed by atoms with Gasteiger partial charge in [0.15, 0.2) is 0 Å². The van der Waals surface area contributed by atoms with Gasteiger partial charge in [-0.1, -0.05) is 13.8 Å². The van der Waals surface area contributed by atoms with E-state index in [-0.39, 0.29) is 0 Å². The summed E-state index contributed by atoms with van der Waals surface area (Å²) in [7, 11) is 0. The van der Waals surface area contributed by atoms with Gasteiger partial charge < -0.3 is 5.11 Å². The van der Waals surface area contributed by atoms with Crippen LogP contribution in [0.4, 0.5) is 0 Å². The molecular formula is C12H20O2. The zero-order chi connectivity index (χ0) is 10.3. The summed E-state index contributed by atoms with van der Waals surface area (Å²) in [5.74, 6) is 1.72. The van der Waals surface area contributed by atoms with Gasteiger partial charge >= 0.3 is 5.97 Å². The smallest absolute Gasteiger partial charge is 0.303 e. The molecule has 14 heavy (non-hydrogen) atoms. The third-order valence-electron chi connectivity index (χ3n) is 4.72. The van der Waals surface area contributed by atoms with Gasteiger partial charge in [0.25, 0.3) is 0 Å². The van der Waals surface area contributed by atoms with Crippen LogP contribution in [0.15, 0.2) is 0 Å². The first-order chi connectivity index (χ1) is 6.51. The van der Waals surface area contributed by atoms with Crippen molar-refractivity contribution in [2.75, 3.05) is 0 Å². The standard InChI is InChI=1S/C12H20O2/c1-12(2)9-4-3-8(7-9)10(12)5-6-11(13)14/h8-10H,3-7H2,1-2H3,(H,13,14). The molecule has 80 valence electrons. The Morgan fingerprint density at radius 3 is 2.64 bits per heavy atom. The molecule has 0 aromatic heterocycles. The van der Waals surface area contributed by atoms with E-state index in [2.05, 4.69) is 13.8 Å². The Morgan fingerprint density at radius 2 is 2.14 bits per heavy atom. The van der Waals surface area contributed by atoms with Gasteiger partial charge in [-0.15, -0.1) is 0 Å². The maximum absolute atomic E-state index is 10.6. The molecule has 2 saturated carbocycles. The molecule has 0 aliphatic heterocycles. The van der Waals surface area contributed by atoms with Crippen molar-refractivity contribution in [3.8, 4) is 0 Å². The summed E-state index contributed by atoms with van der Waals surface area (Å²) in [5.41, 5.74) is 0.401. The number of rotatable bonds is 3. The minimum atomic E-state index is -0.636.